The zero-order valence-electron chi connectivity index (χ0n) is 11.5. The van der Waals surface area contributed by atoms with Crippen LogP contribution < -0.4 is 10.6 Å². The number of hydrogen-bond donors (Lipinski definition) is 2. The molecule has 104 valence electrons. The molecule has 2 aliphatic rings. The van der Waals surface area contributed by atoms with Gasteiger partial charge in [-0.05, 0) is 39.2 Å². The van der Waals surface area contributed by atoms with Crippen molar-refractivity contribution in [3.8, 4) is 0 Å². The molecule has 3 unspecified atom stereocenters. The molecular weight excluding hydrogens is 232 g/mol. The monoisotopic (exact) mass is 256 g/mol. The summed E-state index contributed by atoms with van der Waals surface area (Å²) in [5.74, 6) is 0.175. The van der Waals surface area contributed by atoms with Gasteiger partial charge >= 0.3 is 0 Å². The van der Waals surface area contributed by atoms with Gasteiger partial charge in [-0.2, -0.15) is 0 Å². The topological polar surface area (TPSA) is 59.6 Å². The summed E-state index contributed by atoms with van der Waals surface area (Å²) in [6, 6.07) is -0.0518. The second-order valence-electron chi connectivity index (χ2n) is 5.83. The number of carbonyl (C=O) groups excluding carboxylic acids is 1. The Labute approximate surface area is 109 Å². The van der Waals surface area contributed by atoms with E-state index in [1.54, 1.807) is 0 Å². The van der Waals surface area contributed by atoms with Crippen molar-refractivity contribution < 1.29 is 14.3 Å². The van der Waals surface area contributed by atoms with Crippen LogP contribution in [0.3, 0.4) is 0 Å². The Kier molecular flexibility index (Phi) is 4.25. The highest BCUT2D eigenvalue weighted by Crippen LogP contribution is 2.21. The highest BCUT2D eigenvalue weighted by atomic mass is 16.7. The van der Waals surface area contributed by atoms with Crippen molar-refractivity contribution in [2.24, 2.45) is 5.92 Å². The average molecular weight is 256 g/mol. The van der Waals surface area contributed by atoms with E-state index >= 15 is 0 Å². The molecule has 3 atom stereocenters. The van der Waals surface area contributed by atoms with Crippen LogP contribution in [0.1, 0.15) is 33.6 Å². The molecule has 0 spiro atoms. The van der Waals surface area contributed by atoms with Gasteiger partial charge in [0.1, 0.15) is 6.10 Å². The number of carbonyl (C=O) groups is 1. The number of hydrogen-bond acceptors (Lipinski definition) is 4. The Balaban J connectivity index is 1.72. The first-order valence-electron chi connectivity index (χ1n) is 6.79. The first-order chi connectivity index (χ1) is 8.46. The van der Waals surface area contributed by atoms with Crippen LogP contribution in [-0.2, 0) is 14.3 Å². The van der Waals surface area contributed by atoms with Crippen LogP contribution in [0.25, 0.3) is 0 Å². The number of amides is 1. The Morgan fingerprint density at radius 3 is 2.89 bits per heavy atom. The number of nitrogens with one attached hydrogen (secondary N) is 2. The normalized spacial score (nSPS) is 35.4. The Morgan fingerprint density at radius 1 is 1.50 bits per heavy atom. The van der Waals surface area contributed by atoms with Gasteiger partial charge in [-0.1, -0.05) is 6.92 Å². The fourth-order valence-electron chi connectivity index (χ4n) is 2.51. The Bertz CT molecular complexity index is 307. The van der Waals surface area contributed by atoms with Crippen LogP contribution in [0.4, 0.5) is 0 Å². The third-order valence-electron chi connectivity index (χ3n) is 3.55. The lowest BCUT2D eigenvalue weighted by molar-refractivity contribution is -0.139. The molecular formula is C13H24N2O3. The maximum Gasteiger partial charge on any atom is 0.237 e. The molecule has 0 aliphatic carbocycles. The van der Waals surface area contributed by atoms with Crippen LogP contribution >= 0.6 is 0 Å². The fourth-order valence-corrected chi connectivity index (χ4v) is 2.51. The summed E-state index contributed by atoms with van der Waals surface area (Å²) in [5.41, 5.74) is 0. The molecule has 1 amide bonds. The van der Waals surface area contributed by atoms with Crippen molar-refractivity contribution in [1.82, 2.24) is 10.6 Å². The van der Waals surface area contributed by atoms with Crippen molar-refractivity contribution in [3.63, 3.8) is 0 Å². The fraction of sp³-hybridized carbons (Fsp3) is 0.923. The highest BCUT2D eigenvalue weighted by molar-refractivity contribution is 5.81. The minimum atomic E-state index is -0.521. The summed E-state index contributed by atoms with van der Waals surface area (Å²) in [5, 5.41) is 6.20. The lowest BCUT2D eigenvalue weighted by Gasteiger charge is -2.27. The largest absolute Gasteiger partial charge is 0.352 e. The molecule has 0 aromatic heterocycles. The van der Waals surface area contributed by atoms with Gasteiger partial charge in [0.25, 0.3) is 0 Å². The second-order valence-corrected chi connectivity index (χ2v) is 5.83. The molecule has 5 nitrogen and oxygen atoms in total. The molecule has 2 aliphatic heterocycles. The van der Waals surface area contributed by atoms with E-state index in [2.05, 4.69) is 17.6 Å². The Morgan fingerprint density at radius 2 is 2.28 bits per heavy atom. The predicted molar refractivity (Wildman–Crippen MR) is 68.1 cm³/mol. The van der Waals surface area contributed by atoms with Gasteiger partial charge in [-0.3, -0.25) is 4.79 Å². The Hall–Kier alpha value is -0.650. The predicted octanol–water partition coefficient (Wildman–Crippen LogP) is 0.642. The van der Waals surface area contributed by atoms with Crippen molar-refractivity contribution in [2.45, 2.75) is 51.5 Å². The van der Waals surface area contributed by atoms with E-state index in [1.165, 1.54) is 0 Å². The molecule has 0 saturated carbocycles. The first-order valence-corrected chi connectivity index (χ1v) is 6.79. The van der Waals surface area contributed by atoms with Gasteiger partial charge < -0.3 is 20.1 Å². The van der Waals surface area contributed by atoms with E-state index in [1.807, 2.05) is 13.8 Å². The van der Waals surface area contributed by atoms with Crippen molar-refractivity contribution in [2.75, 3.05) is 19.7 Å². The molecule has 2 rings (SSSR count). The third kappa shape index (κ3) is 3.67. The van der Waals surface area contributed by atoms with E-state index < -0.39 is 5.79 Å². The van der Waals surface area contributed by atoms with Gasteiger partial charge in [0, 0.05) is 6.54 Å². The summed E-state index contributed by atoms with van der Waals surface area (Å²) in [6.45, 7) is 7.96. The highest BCUT2D eigenvalue weighted by Gasteiger charge is 2.33. The van der Waals surface area contributed by atoms with Crippen molar-refractivity contribution in [3.05, 3.63) is 0 Å². The smallest absolute Gasteiger partial charge is 0.237 e. The maximum absolute atomic E-state index is 12.0. The summed E-state index contributed by atoms with van der Waals surface area (Å²) >= 11 is 0. The van der Waals surface area contributed by atoms with E-state index in [4.69, 9.17) is 9.47 Å². The molecule has 2 saturated heterocycles. The van der Waals surface area contributed by atoms with Crippen molar-refractivity contribution >= 4 is 5.91 Å². The van der Waals surface area contributed by atoms with E-state index in [-0.39, 0.29) is 18.1 Å². The molecule has 18 heavy (non-hydrogen) atoms. The molecule has 2 heterocycles. The van der Waals surface area contributed by atoms with Gasteiger partial charge in [0.15, 0.2) is 5.79 Å². The van der Waals surface area contributed by atoms with Gasteiger partial charge in [-0.25, -0.2) is 0 Å². The molecule has 0 radical (unpaired) electrons. The van der Waals surface area contributed by atoms with Gasteiger partial charge in [0.05, 0.1) is 12.6 Å². The standard InChI is InChI=1S/C13H24N2O3/c1-9-4-5-14-11(6-9)12(16)15-7-10-8-17-13(2,3)18-10/h9-11,14H,4-8H2,1-3H3,(H,15,16). The minimum Gasteiger partial charge on any atom is -0.352 e. The van der Waals surface area contributed by atoms with Gasteiger partial charge in [0.2, 0.25) is 5.91 Å². The van der Waals surface area contributed by atoms with Crippen LogP contribution in [0.5, 0.6) is 0 Å². The zero-order valence-corrected chi connectivity index (χ0v) is 11.5. The van der Waals surface area contributed by atoms with E-state index in [0.717, 1.165) is 19.4 Å². The summed E-state index contributed by atoms with van der Waals surface area (Å²) in [6.07, 6.45) is 2.03. The van der Waals surface area contributed by atoms with Crippen LogP contribution in [0, 0.1) is 5.92 Å². The van der Waals surface area contributed by atoms with Crippen LogP contribution in [-0.4, -0.2) is 43.5 Å². The molecule has 2 N–H and O–H groups in total. The van der Waals surface area contributed by atoms with Crippen LogP contribution in [0.15, 0.2) is 0 Å². The number of ether oxygens (including phenoxy) is 2. The quantitative estimate of drug-likeness (QED) is 0.778. The third-order valence-corrected chi connectivity index (χ3v) is 3.55. The van der Waals surface area contributed by atoms with E-state index in [0.29, 0.717) is 19.1 Å². The maximum atomic E-state index is 12.0. The second kappa shape index (κ2) is 5.55. The van der Waals surface area contributed by atoms with Gasteiger partial charge in [-0.15, -0.1) is 0 Å². The molecule has 2 fully saturated rings. The minimum absolute atomic E-state index is 0.0371. The lowest BCUT2D eigenvalue weighted by Crippen LogP contribution is -2.50. The molecule has 5 heteroatoms. The van der Waals surface area contributed by atoms with E-state index in [9.17, 15) is 4.79 Å². The zero-order chi connectivity index (χ0) is 13.2. The number of piperidine rings is 1. The summed E-state index contributed by atoms with van der Waals surface area (Å²) < 4.78 is 11.1. The first kappa shape index (κ1) is 13.8. The number of rotatable bonds is 3. The average Bonchev–Trinajstić information content (AvgIpc) is 2.66. The summed E-state index contributed by atoms with van der Waals surface area (Å²) in [4.78, 5) is 12.0. The van der Waals surface area contributed by atoms with Crippen LogP contribution in [0.2, 0.25) is 0 Å². The molecule has 0 bridgehead atoms. The molecule has 0 aromatic rings. The SMILES string of the molecule is CC1CCNC(C(=O)NCC2COC(C)(C)O2)C1. The van der Waals surface area contributed by atoms with Crippen molar-refractivity contribution in [1.29, 1.82) is 0 Å². The lowest BCUT2D eigenvalue weighted by atomic mass is 9.94. The summed E-state index contributed by atoms with van der Waals surface area (Å²) in [7, 11) is 0. The molecule has 0 aromatic carbocycles.